The number of hydrogen-bond donors (Lipinski definition) is 1. The molecule has 0 spiro atoms. The molecule has 0 fully saturated rings. The minimum atomic E-state index is -0.746. The number of rotatable bonds is 8. The van der Waals surface area contributed by atoms with E-state index in [1.54, 1.807) is 14.2 Å². The van der Waals surface area contributed by atoms with Gasteiger partial charge in [0.2, 0.25) is 0 Å². The van der Waals surface area contributed by atoms with Gasteiger partial charge < -0.3 is 19.1 Å². The van der Waals surface area contributed by atoms with Crippen LogP contribution in [-0.2, 0) is 11.3 Å². The SMILES string of the molecule is COc1cccc(C[N+](C)(C)CCCC(=O)O)c1OC. The van der Waals surface area contributed by atoms with E-state index in [2.05, 4.69) is 14.1 Å². The zero-order valence-electron chi connectivity index (χ0n) is 12.7. The van der Waals surface area contributed by atoms with Crippen LogP contribution < -0.4 is 9.47 Å². The lowest BCUT2D eigenvalue weighted by atomic mass is 10.1. The average Bonchev–Trinajstić information content (AvgIpc) is 2.37. The molecular weight excluding hydrogens is 258 g/mol. The fourth-order valence-corrected chi connectivity index (χ4v) is 2.28. The van der Waals surface area contributed by atoms with Gasteiger partial charge in [-0.25, -0.2) is 0 Å². The highest BCUT2D eigenvalue weighted by atomic mass is 16.5. The number of hydrogen-bond acceptors (Lipinski definition) is 3. The summed E-state index contributed by atoms with van der Waals surface area (Å²) in [6.45, 7) is 1.56. The number of para-hydroxylation sites is 1. The summed E-state index contributed by atoms with van der Waals surface area (Å²) in [5.41, 5.74) is 1.06. The van der Waals surface area contributed by atoms with E-state index in [0.717, 1.165) is 30.2 Å². The summed E-state index contributed by atoms with van der Waals surface area (Å²) in [6, 6.07) is 5.82. The molecule has 1 aromatic carbocycles. The van der Waals surface area contributed by atoms with Gasteiger partial charge in [0.05, 0.1) is 46.8 Å². The van der Waals surface area contributed by atoms with Gasteiger partial charge in [0, 0.05) is 6.42 Å². The smallest absolute Gasteiger partial charge is 0.303 e. The van der Waals surface area contributed by atoms with E-state index >= 15 is 0 Å². The van der Waals surface area contributed by atoms with Gasteiger partial charge in [-0.15, -0.1) is 0 Å². The Kier molecular flexibility index (Phi) is 5.82. The molecule has 1 rings (SSSR count). The molecule has 20 heavy (non-hydrogen) atoms. The minimum absolute atomic E-state index is 0.205. The molecule has 1 N–H and O–H groups in total. The lowest BCUT2D eigenvalue weighted by Crippen LogP contribution is -2.39. The average molecular weight is 282 g/mol. The number of quaternary nitrogens is 1. The molecule has 0 atom stereocenters. The number of methoxy groups -OCH3 is 2. The fourth-order valence-electron chi connectivity index (χ4n) is 2.28. The highest BCUT2D eigenvalue weighted by Gasteiger charge is 2.20. The maximum atomic E-state index is 10.6. The first-order chi connectivity index (χ1) is 9.39. The molecule has 0 saturated heterocycles. The van der Waals surface area contributed by atoms with E-state index in [9.17, 15) is 4.79 Å². The van der Waals surface area contributed by atoms with Crippen LogP contribution in [-0.4, -0.2) is 50.4 Å². The second-order valence-corrected chi connectivity index (χ2v) is 5.47. The topological polar surface area (TPSA) is 55.8 Å². The normalized spacial score (nSPS) is 11.2. The number of carboxylic acid groups (broad SMARTS) is 1. The molecule has 0 saturated carbocycles. The summed E-state index contributed by atoms with van der Waals surface area (Å²) in [7, 11) is 7.42. The Balaban J connectivity index is 2.78. The van der Waals surface area contributed by atoms with E-state index < -0.39 is 5.97 Å². The highest BCUT2D eigenvalue weighted by Crippen LogP contribution is 2.32. The quantitative estimate of drug-likeness (QED) is 0.742. The molecule has 0 bridgehead atoms. The van der Waals surface area contributed by atoms with Gasteiger partial charge in [-0.05, 0) is 12.1 Å². The van der Waals surface area contributed by atoms with E-state index in [4.69, 9.17) is 14.6 Å². The number of benzene rings is 1. The zero-order chi connectivity index (χ0) is 15.2. The maximum absolute atomic E-state index is 10.6. The van der Waals surface area contributed by atoms with Gasteiger partial charge in [0.1, 0.15) is 6.54 Å². The number of carboxylic acids is 1. The van der Waals surface area contributed by atoms with Gasteiger partial charge >= 0.3 is 5.97 Å². The van der Waals surface area contributed by atoms with Crippen molar-refractivity contribution in [2.75, 3.05) is 34.9 Å². The largest absolute Gasteiger partial charge is 0.493 e. The van der Waals surface area contributed by atoms with Crippen LogP contribution in [0.3, 0.4) is 0 Å². The molecule has 0 aliphatic heterocycles. The predicted octanol–water partition coefficient (Wildman–Crippen LogP) is 2.15. The molecular formula is C15H24NO4+. The van der Waals surface area contributed by atoms with Crippen molar-refractivity contribution in [1.29, 1.82) is 0 Å². The van der Waals surface area contributed by atoms with Crippen LogP contribution in [0.2, 0.25) is 0 Å². The molecule has 5 heteroatoms. The Bertz CT molecular complexity index is 457. The van der Waals surface area contributed by atoms with Crippen molar-refractivity contribution in [2.45, 2.75) is 19.4 Å². The third kappa shape index (κ3) is 4.74. The van der Waals surface area contributed by atoms with Crippen molar-refractivity contribution in [3.8, 4) is 11.5 Å². The third-order valence-electron chi connectivity index (χ3n) is 3.24. The van der Waals surface area contributed by atoms with Crippen molar-refractivity contribution in [1.82, 2.24) is 0 Å². The fraction of sp³-hybridized carbons (Fsp3) is 0.533. The van der Waals surface area contributed by atoms with E-state index in [1.165, 1.54) is 0 Å². The van der Waals surface area contributed by atoms with Gasteiger partial charge in [-0.1, -0.05) is 6.07 Å². The van der Waals surface area contributed by atoms with Crippen molar-refractivity contribution in [2.24, 2.45) is 0 Å². The first-order valence-electron chi connectivity index (χ1n) is 6.63. The van der Waals surface area contributed by atoms with Crippen LogP contribution in [0, 0.1) is 0 Å². The Morgan fingerprint density at radius 2 is 1.95 bits per heavy atom. The second-order valence-electron chi connectivity index (χ2n) is 5.47. The van der Waals surface area contributed by atoms with Crippen LogP contribution in [0.1, 0.15) is 18.4 Å². The number of carbonyl (C=O) groups is 1. The number of ether oxygens (including phenoxy) is 2. The lowest BCUT2D eigenvalue weighted by Gasteiger charge is -2.30. The van der Waals surface area contributed by atoms with E-state index in [0.29, 0.717) is 10.9 Å². The molecule has 0 radical (unpaired) electrons. The van der Waals surface area contributed by atoms with Crippen LogP contribution in [0.5, 0.6) is 11.5 Å². The van der Waals surface area contributed by atoms with Crippen molar-refractivity contribution >= 4 is 5.97 Å². The van der Waals surface area contributed by atoms with Gasteiger partial charge in [0.15, 0.2) is 11.5 Å². The van der Waals surface area contributed by atoms with Crippen LogP contribution >= 0.6 is 0 Å². The monoisotopic (exact) mass is 282 g/mol. The van der Waals surface area contributed by atoms with Crippen LogP contribution in [0.25, 0.3) is 0 Å². The summed E-state index contributed by atoms with van der Waals surface area (Å²) < 4.78 is 11.4. The lowest BCUT2D eigenvalue weighted by molar-refractivity contribution is -0.903. The summed E-state index contributed by atoms with van der Waals surface area (Å²) >= 11 is 0. The van der Waals surface area contributed by atoms with E-state index in [1.807, 2.05) is 18.2 Å². The van der Waals surface area contributed by atoms with E-state index in [-0.39, 0.29) is 6.42 Å². The van der Waals surface area contributed by atoms with Crippen molar-refractivity contribution in [3.63, 3.8) is 0 Å². The predicted molar refractivity (Wildman–Crippen MR) is 77.1 cm³/mol. The molecule has 1 aromatic rings. The Morgan fingerprint density at radius 3 is 2.50 bits per heavy atom. The summed E-state index contributed by atoms with van der Waals surface area (Å²) in [6.07, 6.45) is 0.867. The molecule has 0 aromatic heterocycles. The summed E-state index contributed by atoms with van der Waals surface area (Å²) in [5.74, 6) is 0.721. The van der Waals surface area contributed by atoms with Gasteiger partial charge in [-0.2, -0.15) is 0 Å². The Morgan fingerprint density at radius 1 is 1.25 bits per heavy atom. The molecule has 0 heterocycles. The van der Waals surface area contributed by atoms with Crippen LogP contribution in [0.15, 0.2) is 18.2 Å². The summed E-state index contributed by atoms with van der Waals surface area (Å²) in [5, 5.41) is 8.71. The van der Waals surface area contributed by atoms with Gasteiger partial charge in [0.25, 0.3) is 0 Å². The third-order valence-corrected chi connectivity index (χ3v) is 3.24. The standard InChI is InChI=1S/C15H23NO4/c1-16(2,10-6-9-14(17)18)11-12-7-5-8-13(19-3)15(12)20-4/h5,7-8H,6,9-11H2,1-4H3/p+1. The number of aliphatic carboxylic acids is 1. The number of nitrogens with zero attached hydrogens (tertiary/aromatic N) is 1. The molecule has 0 amide bonds. The molecule has 0 aliphatic carbocycles. The molecule has 5 nitrogen and oxygen atoms in total. The highest BCUT2D eigenvalue weighted by molar-refractivity contribution is 5.66. The zero-order valence-corrected chi connectivity index (χ0v) is 12.7. The van der Waals surface area contributed by atoms with Crippen LogP contribution in [0.4, 0.5) is 0 Å². The Labute approximate surface area is 120 Å². The molecule has 0 aliphatic rings. The summed E-state index contributed by atoms with van der Waals surface area (Å²) in [4.78, 5) is 10.6. The second kappa shape index (κ2) is 7.14. The first-order valence-corrected chi connectivity index (χ1v) is 6.63. The molecule has 0 unspecified atom stereocenters. The maximum Gasteiger partial charge on any atom is 0.303 e. The van der Waals surface area contributed by atoms with Gasteiger partial charge in [-0.3, -0.25) is 4.79 Å². The molecule has 112 valence electrons. The Hall–Kier alpha value is -1.75. The van der Waals surface area contributed by atoms with Crippen molar-refractivity contribution in [3.05, 3.63) is 23.8 Å². The minimum Gasteiger partial charge on any atom is -0.493 e. The van der Waals surface area contributed by atoms with Crippen molar-refractivity contribution < 1.29 is 23.9 Å². The first kappa shape index (κ1) is 16.3.